The van der Waals surface area contributed by atoms with Gasteiger partial charge in [-0.05, 0) is 44.9 Å². The second kappa shape index (κ2) is 7.82. The summed E-state index contributed by atoms with van der Waals surface area (Å²) in [4.78, 5) is 19.2. The molecule has 0 aromatic carbocycles. The van der Waals surface area contributed by atoms with Crippen LogP contribution in [-0.4, -0.2) is 54.2 Å². The summed E-state index contributed by atoms with van der Waals surface area (Å²) in [5, 5.41) is 0. The highest BCUT2D eigenvalue weighted by Gasteiger charge is 2.28. The van der Waals surface area contributed by atoms with Gasteiger partial charge in [-0.3, -0.25) is 9.78 Å². The molecule has 1 aliphatic rings. The van der Waals surface area contributed by atoms with E-state index in [0.717, 1.165) is 36.2 Å². The fourth-order valence-corrected chi connectivity index (χ4v) is 4.44. The number of piperidine rings is 1. The van der Waals surface area contributed by atoms with Gasteiger partial charge < -0.3 is 9.47 Å². The molecule has 8 heteroatoms. The molecule has 1 atom stereocenters. The highest BCUT2D eigenvalue weighted by Crippen LogP contribution is 2.21. The van der Waals surface area contributed by atoms with E-state index in [2.05, 4.69) is 14.3 Å². The van der Waals surface area contributed by atoms with E-state index in [1.54, 1.807) is 11.1 Å². The molecule has 0 radical (unpaired) electrons. The first-order chi connectivity index (χ1) is 12.7. The second-order valence-electron chi connectivity index (χ2n) is 7.17. The Labute approximate surface area is 160 Å². The molecule has 0 unspecified atom stereocenters. The monoisotopic (exact) mass is 390 g/mol. The van der Waals surface area contributed by atoms with Gasteiger partial charge >= 0.3 is 0 Å². The van der Waals surface area contributed by atoms with Gasteiger partial charge in [0.15, 0.2) is 0 Å². The summed E-state index contributed by atoms with van der Waals surface area (Å²) in [6.45, 7) is 5.58. The second-order valence-corrected chi connectivity index (χ2v) is 8.95. The smallest absolute Gasteiger partial charge is 0.255 e. The van der Waals surface area contributed by atoms with Crippen molar-refractivity contribution in [1.82, 2.24) is 19.2 Å². The quantitative estimate of drug-likeness (QED) is 0.842. The van der Waals surface area contributed by atoms with Crippen LogP contribution in [0.15, 0.2) is 30.5 Å². The summed E-state index contributed by atoms with van der Waals surface area (Å²) in [6, 6.07) is 7.48. The minimum Gasteiger partial charge on any atom is -0.342 e. The summed E-state index contributed by atoms with van der Waals surface area (Å²) in [6.07, 6.45) is 4.44. The van der Waals surface area contributed by atoms with E-state index >= 15 is 0 Å². The minimum atomic E-state index is -3.28. The van der Waals surface area contributed by atoms with Crippen LogP contribution in [0, 0.1) is 13.8 Å². The fourth-order valence-electron chi connectivity index (χ4n) is 3.65. The number of likely N-dealkylation sites (tertiary alicyclic amines) is 1. The molecule has 0 spiro atoms. The van der Waals surface area contributed by atoms with E-state index in [1.807, 2.05) is 38.1 Å². The SMILES string of the molecule is Cc1cc(C(=O)N2CCC[C@H](NS(C)(=O)=O)C2)c(C)n1Cc1ccccn1. The number of hydrogen-bond acceptors (Lipinski definition) is 4. The zero-order chi connectivity index (χ0) is 19.6. The van der Waals surface area contributed by atoms with Gasteiger partial charge in [-0.2, -0.15) is 0 Å². The molecule has 7 nitrogen and oxygen atoms in total. The maximum absolute atomic E-state index is 13.1. The number of sulfonamides is 1. The summed E-state index contributed by atoms with van der Waals surface area (Å²) in [5.41, 5.74) is 3.52. The van der Waals surface area contributed by atoms with Crippen LogP contribution < -0.4 is 4.72 Å². The van der Waals surface area contributed by atoms with Gasteiger partial charge in [-0.1, -0.05) is 6.07 Å². The van der Waals surface area contributed by atoms with Gasteiger partial charge in [0.2, 0.25) is 10.0 Å². The van der Waals surface area contributed by atoms with Crippen molar-refractivity contribution in [3.63, 3.8) is 0 Å². The molecule has 146 valence electrons. The molecule has 1 fully saturated rings. The van der Waals surface area contributed by atoms with E-state index in [4.69, 9.17) is 0 Å². The van der Waals surface area contributed by atoms with E-state index in [1.165, 1.54) is 0 Å². The van der Waals surface area contributed by atoms with E-state index in [-0.39, 0.29) is 11.9 Å². The van der Waals surface area contributed by atoms with Crippen molar-refractivity contribution in [2.24, 2.45) is 0 Å². The highest BCUT2D eigenvalue weighted by atomic mass is 32.2. The number of hydrogen-bond donors (Lipinski definition) is 1. The topological polar surface area (TPSA) is 84.3 Å². The summed E-state index contributed by atoms with van der Waals surface area (Å²) >= 11 is 0. The molecule has 3 rings (SSSR count). The molecule has 0 saturated carbocycles. The minimum absolute atomic E-state index is 0.0460. The first kappa shape index (κ1) is 19.6. The van der Waals surface area contributed by atoms with Crippen LogP contribution in [0.3, 0.4) is 0 Å². The molecule has 27 heavy (non-hydrogen) atoms. The highest BCUT2D eigenvalue weighted by molar-refractivity contribution is 7.88. The zero-order valence-electron chi connectivity index (χ0n) is 16.0. The Balaban J connectivity index is 1.78. The molecule has 2 aromatic heterocycles. The average molecular weight is 391 g/mol. The van der Waals surface area contributed by atoms with Crippen LogP contribution in [0.5, 0.6) is 0 Å². The molecule has 0 aliphatic carbocycles. The number of nitrogens with zero attached hydrogens (tertiary/aromatic N) is 3. The van der Waals surface area contributed by atoms with Crippen molar-refractivity contribution < 1.29 is 13.2 Å². The third-order valence-corrected chi connectivity index (χ3v) is 5.70. The summed E-state index contributed by atoms with van der Waals surface area (Å²) < 4.78 is 27.7. The lowest BCUT2D eigenvalue weighted by Gasteiger charge is -2.32. The lowest BCUT2D eigenvalue weighted by Crippen LogP contribution is -2.49. The molecule has 2 aromatic rings. The van der Waals surface area contributed by atoms with Gasteiger partial charge in [0.1, 0.15) is 0 Å². The zero-order valence-corrected chi connectivity index (χ0v) is 16.8. The third-order valence-electron chi connectivity index (χ3n) is 4.94. The molecule has 1 amide bonds. The molecular formula is C19H26N4O3S. The van der Waals surface area contributed by atoms with Gasteiger partial charge in [-0.15, -0.1) is 0 Å². The van der Waals surface area contributed by atoms with Gasteiger partial charge in [0.05, 0.1) is 24.1 Å². The van der Waals surface area contributed by atoms with Crippen molar-refractivity contribution >= 4 is 15.9 Å². The Kier molecular flexibility index (Phi) is 5.67. The van der Waals surface area contributed by atoms with Crippen LogP contribution >= 0.6 is 0 Å². The first-order valence-corrected chi connectivity index (χ1v) is 11.0. The van der Waals surface area contributed by atoms with Crippen molar-refractivity contribution in [2.45, 2.75) is 39.3 Å². The largest absolute Gasteiger partial charge is 0.342 e. The van der Waals surface area contributed by atoms with E-state index < -0.39 is 10.0 Å². The summed E-state index contributed by atoms with van der Waals surface area (Å²) in [7, 11) is -3.28. The molecule has 1 N–H and O–H groups in total. The number of aryl methyl sites for hydroxylation is 1. The molecule has 0 bridgehead atoms. The Morgan fingerprint density at radius 3 is 2.78 bits per heavy atom. The van der Waals surface area contributed by atoms with Crippen molar-refractivity contribution in [2.75, 3.05) is 19.3 Å². The Morgan fingerprint density at radius 1 is 1.33 bits per heavy atom. The number of amides is 1. The van der Waals surface area contributed by atoms with Crippen LogP contribution in [0.4, 0.5) is 0 Å². The van der Waals surface area contributed by atoms with Gasteiger partial charge in [0, 0.05) is 36.7 Å². The maximum Gasteiger partial charge on any atom is 0.255 e. The van der Waals surface area contributed by atoms with Crippen molar-refractivity contribution in [3.8, 4) is 0 Å². The number of pyridine rings is 1. The molecule has 3 heterocycles. The predicted molar refractivity (Wildman–Crippen MR) is 104 cm³/mol. The Bertz CT molecular complexity index is 922. The Hall–Kier alpha value is -2.19. The number of carbonyl (C=O) groups is 1. The Morgan fingerprint density at radius 2 is 2.11 bits per heavy atom. The maximum atomic E-state index is 13.1. The standard InChI is InChI=1S/C19H26N4O3S/c1-14-11-18(15(2)23(14)13-16-7-4-5-9-20-16)19(24)22-10-6-8-17(12-22)21-27(3,25)26/h4-5,7,9,11,17,21H,6,8,10,12-13H2,1-3H3/t17-/m0/s1. The summed E-state index contributed by atoms with van der Waals surface area (Å²) in [5.74, 6) is -0.0460. The van der Waals surface area contributed by atoms with Crippen molar-refractivity contribution in [1.29, 1.82) is 0 Å². The fraction of sp³-hybridized carbons (Fsp3) is 0.474. The first-order valence-electron chi connectivity index (χ1n) is 9.08. The van der Waals surface area contributed by atoms with Crippen molar-refractivity contribution in [3.05, 3.63) is 53.1 Å². The number of rotatable bonds is 5. The predicted octanol–water partition coefficient (Wildman–Crippen LogP) is 1.70. The van der Waals surface area contributed by atoms with Crippen LogP contribution in [-0.2, 0) is 16.6 Å². The number of nitrogens with one attached hydrogen (secondary N) is 1. The van der Waals surface area contributed by atoms with Gasteiger partial charge in [0.25, 0.3) is 5.91 Å². The molecule has 1 aliphatic heterocycles. The third kappa shape index (κ3) is 4.75. The lowest BCUT2D eigenvalue weighted by molar-refractivity contribution is 0.0702. The molecular weight excluding hydrogens is 364 g/mol. The van der Waals surface area contributed by atoms with Crippen LogP contribution in [0.1, 0.15) is 40.3 Å². The van der Waals surface area contributed by atoms with Crippen LogP contribution in [0.2, 0.25) is 0 Å². The lowest BCUT2D eigenvalue weighted by atomic mass is 10.1. The van der Waals surface area contributed by atoms with E-state index in [9.17, 15) is 13.2 Å². The van der Waals surface area contributed by atoms with E-state index in [0.29, 0.717) is 25.2 Å². The number of aromatic nitrogens is 2. The average Bonchev–Trinajstić information content (AvgIpc) is 2.89. The van der Waals surface area contributed by atoms with Crippen LogP contribution in [0.25, 0.3) is 0 Å². The molecule has 1 saturated heterocycles. The van der Waals surface area contributed by atoms with Gasteiger partial charge in [-0.25, -0.2) is 13.1 Å². The number of carbonyl (C=O) groups excluding carboxylic acids is 1. The normalized spacial score (nSPS) is 17.9.